The standard InChI is InChI=1S/C12H18O6S.Na/c13-6-18-9-2-1-7-5-11(19(16)17)10(12(14)15)4-8(7)3-9;/h6-11H,1-5H2,(H,14,15)(H,16,17);/q;+1/p-1. The number of ether oxygens (including phenoxy) is 1. The van der Waals surface area contributed by atoms with E-state index >= 15 is 0 Å². The van der Waals surface area contributed by atoms with E-state index in [0.717, 1.165) is 12.8 Å². The second-order valence-corrected chi connectivity index (χ2v) is 6.53. The molecule has 0 bridgehead atoms. The zero-order chi connectivity index (χ0) is 14.0. The van der Waals surface area contributed by atoms with Crippen molar-refractivity contribution in [1.29, 1.82) is 0 Å². The topological polar surface area (TPSA) is 104 Å². The van der Waals surface area contributed by atoms with Crippen LogP contribution in [0.2, 0.25) is 0 Å². The quantitative estimate of drug-likeness (QED) is 0.355. The first-order valence-corrected chi connectivity index (χ1v) is 7.56. The minimum absolute atomic E-state index is 0. The molecule has 0 spiro atoms. The number of hydrogen-bond acceptors (Lipinski definition) is 5. The average molecular weight is 312 g/mol. The zero-order valence-corrected chi connectivity index (χ0v) is 14.2. The van der Waals surface area contributed by atoms with Crippen molar-refractivity contribution in [3.63, 3.8) is 0 Å². The molecule has 2 saturated carbocycles. The Morgan fingerprint density at radius 2 is 1.95 bits per heavy atom. The monoisotopic (exact) mass is 312 g/mol. The Labute approximate surface area is 142 Å². The van der Waals surface area contributed by atoms with Crippen molar-refractivity contribution in [2.45, 2.75) is 43.5 Å². The van der Waals surface area contributed by atoms with Crippen molar-refractivity contribution >= 4 is 23.5 Å². The third kappa shape index (κ3) is 4.04. The molecular formula is C12H17NaO6S. The van der Waals surface area contributed by atoms with E-state index in [4.69, 9.17) is 9.84 Å². The summed E-state index contributed by atoms with van der Waals surface area (Å²) in [6.45, 7) is 0.429. The van der Waals surface area contributed by atoms with Crippen LogP contribution in [0.5, 0.6) is 0 Å². The fraction of sp³-hybridized carbons (Fsp3) is 0.833. The second-order valence-electron chi connectivity index (χ2n) is 5.40. The summed E-state index contributed by atoms with van der Waals surface area (Å²) < 4.78 is 27.3. The fourth-order valence-electron chi connectivity index (χ4n) is 3.50. The Hall–Kier alpha value is 0.0500. The number of carboxylic acids is 1. The average Bonchev–Trinajstić information content (AvgIpc) is 2.37. The molecule has 8 heteroatoms. The van der Waals surface area contributed by atoms with Gasteiger partial charge in [-0.15, -0.1) is 0 Å². The molecule has 0 saturated heterocycles. The number of rotatable bonds is 4. The van der Waals surface area contributed by atoms with Gasteiger partial charge >= 0.3 is 35.5 Å². The molecule has 2 fully saturated rings. The molecular weight excluding hydrogens is 295 g/mol. The second kappa shape index (κ2) is 7.89. The van der Waals surface area contributed by atoms with Gasteiger partial charge < -0.3 is 14.4 Å². The minimum atomic E-state index is -2.35. The van der Waals surface area contributed by atoms with Crippen molar-refractivity contribution in [3.05, 3.63) is 0 Å². The molecule has 6 nitrogen and oxygen atoms in total. The van der Waals surface area contributed by atoms with E-state index in [1.165, 1.54) is 0 Å². The Morgan fingerprint density at radius 1 is 1.25 bits per heavy atom. The molecule has 1 N–H and O–H groups in total. The first-order chi connectivity index (χ1) is 9.02. The molecule has 6 unspecified atom stereocenters. The van der Waals surface area contributed by atoms with Crippen LogP contribution < -0.4 is 29.6 Å². The maximum absolute atomic E-state index is 11.2. The predicted octanol–water partition coefficient (Wildman–Crippen LogP) is -2.31. The van der Waals surface area contributed by atoms with Gasteiger partial charge in [-0.3, -0.25) is 13.8 Å². The van der Waals surface area contributed by atoms with Crippen LogP contribution >= 0.6 is 0 Å². The van der Waals surface area contributed by atoms with Gasteiger partial charge in [0.1, 0.15) is 6.10 Å². The molecule has 2 rings (SSSR count). The summed E-state index contributed by atoms with van der Waals surface area (Å²) in [6, 6.07) is 0. The van der Waals surface area contributed by atoms with Crippen molar-refractivity contribution in [2.24, 2.45) is 17.8 Å². The normalized spacial score (nSPS) is 38.0. The molecule has 0 amide bonds. The van der Waals surface area contributed by atoms with Gasteiger partial charge in [0.05, 0.1) is 5.92 Å². The molecule has 0 aliphatic heterocycles. The van der Waals surface area contributed by atoms with Gasteiger partial charge in [0.15, 0.2) is 0 Å². The van der Waals surface area contributed by atoms with Gasteiger partial charge in [0.25, 0.3) is 6.47 Å². The molecule has 20 heavy (non-hydrogen) atoms. The van der Waals surface area contributed by atoms with Crippen LogP contribution in [0, 0.1) is 17.8 Å². The van der Waals surface area contributed by atoms with Crippen molar-refractivity contribution in [1.82, 2.24) is 0 Å². The number of carbonyl (C=O) groups is 2. The third-order valence-electron chi connectivity index (χ3n) is 4.44. The van der Waals surface area contributed by atoms with Gasteiger partial charge in [0.2, 0.25) is 0 Å². The van der Waals surface area contributed by atoms with Gasteiger partial charge in [-0.2, -0.15) is 0 Å². The van der Waals surface area contributed by atoms with Crippen molar-refractivity contribution in [3.8, 4) is 0 Å². The summed E-state index contributed by atoms with van der Waals surface area (Å²) in [7, 11) is 0. The van der Waals surface area contributed by atoms with Crippen LogP contribution in [0.1, 0.15) is 32.1 Å². The SMILES string of the molecule is O=COC1CCC2CC(S(=O)[O-])C(C(=O)O)CC2C1.[Na+]. The molecule has 6 atom stereocenters. The van der Waals surface area contributed by atoms with Gasteiger partial charge in [-0.1, -0.05) is 11.1 Å². The molecule has 0 aromatic heterocycles. The molecule has 2 aliphatic carbocycles. The Bertz CT molecular complexity index is 390. The Kier molecular flexibility index (Phi) is 7.14. The van der Waals surface area contributed by atoms with E-state index in [0.29, 0.717) is 25.7 Å². The summed E-state index contributed by atoms with van der Waals surface area (Å²) in [5.41, 5.74) is 0. The van der Waals surface area contributed by atoms with E-state index < -0.39 is 28.2 Å². The smallest absolute Gasteiger partial charge is 0.772 e. The zero-order valence-electron chi connectivity index (χ0n) is 11.4. The Balaban J connectivity index is 0.00000200. The molecule has 0 heterocycles. The molecule has 108 valence electrons. The van der Waals surface area contributed by atoms with Crippen LogP contribution in [-0.4, -0.2) is 37.7 Å². The Morgan fingerprint density at radius 3 is 2.50 bits per heavy atom. The van der Waals surface area contributed by atoms with Crippen LogP contribution in [0.3, 0.4) is 0 Å². The van der Waals surface area contributed by atoms with E-state index in [1.807, 2.05) is 0 Å². The molecule has 0 aromatic rings. The summed E-state index contributed by atoms with van der Waals surface area (Å²) in [4.78, 5) is 21.5. The summed E-state index contributed by atoms with van der Waals surface area (Å²) >= 11 is -2.35. The number of fused-ring (bicyclic) bond motifs is 1. The van der Waals surface area contributed by atoms with E-state index in [1.54, 1.807) is 0 Å². The van der Waals surface area contributed by atoms with Gasteiger partial charge in [-0.25, -0.2) is 0 Å². The van der Waals surface area contributed by atoms with Gasteiger partial charge in [-0.05, 0) is 43.9 Å². The van der Waals surface area contributed by atoms with Crippen LogP contribution in [-0.2, 0) is 25.4 Å². The summed E-state index contributed by atoms with van der Waals surface area (Å²) in [5.74, 6) is -1.52. The number of carbonyl (C=O) groups excluding carboxylic acids is 1. The van der Waals surface area contributed by atoms with Crippen LogP contribution in [0.25, 0.3) is 0 Å². The van der Waals surface area contributed by atoms with Gasteiger partial charge in [0, 0.05) is 5.25 Å². The number of hydrogen-bond donors (Lipinski definition) is 1. The van der Waals surface area contributed by atoms with E-state index in [9.17, 15) is 18.4 Å². The van der Waals surface area contributed by atoms with Crippen molar-refractivity contribution < 1.29 is 57.8 Å². The number of carboxylic acid groups (broad SMARTS) is 1. The largest absolute Gasteiger partial charge is 1.00 e. The first-order valence-electron chi connectivity index (χ1n) is 6.43. The van der Waals surface area contributed by atoms with Crippen LogP contribution in [0.15, 0.2) is 0 Å². The third-order valence-corrected chi connectivity index (χ3v) is 5.46. The minimum Gasteiger partial charge on any atom is -0.772 e. The fourth-order valence-corrected chi connectivity index (χ4v) is 4.40. The van der Waals surface area contributed by atoms with Crippen molar-refractivity contribution in [2.75, 3.05) is 0 Å². The summed E-state index contributed by atoms with van der Waals surface area (Å²) in [6.07, 6.45) is 2.79. The molecule has 0 radical (unpaired) electrons. The van der Waals surface area contributed by atoms with Crippen LogP contribution in [0.4, 0.5) is 0 Å². The maximum atomic E-state index is 11.2. The maximum Gasteiger partial charge on any atom is 1.00 e. The summed E-state index contributed by atoms with van der Waals surface area (Å²) in [5, 5.41) is 8.37. The molecule has 2 aliphatic rings. The predicted molar refractivity (Wildman–Crippen MR) is 64.8 cm³/mol. The molecule has 0 aromatic carbocycles. The van der Waals surface area contributed by atoms with E-state index in [2.05, 4.69) is 0 Å². The van der Waals surface area contributed by atoms with E-state index in [-0.39, 0.29) is 47.5 Å². The first kappa shape index (κ1) is 18.1. The number of aliphatic carboxylic acids is 1.